The number of hydrogen-bond acceptors (Lipinski definition) is 6. The fraction of sp³-hybridized carbons (Fsp3) is 0. The smallest absolute Gasteiger partial charge is 0.289 e. The highest BCUT2D eigenvalue weighted by molar-refractivity contribution is 9.10. The Balaban J connectivity index is 2.36. The van der Waals surface area contributed by atoms with Crippen molar-refractivity contribution in [2.45, 2.75) is 0 Å². The molecule has 2 N–H and O–H groups in total. The summed E-state index contributed by atoms with van der Waals surface area (Å²) in [4.78, 5) is 32.2. The molecule has 9 nitrogen and oxygen atoms in total. The topological polar surface area (TPSA) is 136 Å². The van der Waals surface area contributed by atoms with Crippen molar-refractivity contribution in [3.63, 3.8) is 0 Å². The maximum atomic E-state index is 12.2. The Morgan fingerprint density at radius 1 is 1.09 bits per heavy atom. The Kier molecular flexibility index (Phi) is 4.55. The second-order valence-electron chi connectivity index (χ2n) is 4.34. The molecule has 10 heteroatoms. The third kappa shape index (κ3) is 3.61. The molecule has 0 radical (unpaired) electrons. The van der Waals surface area contributed by atoms with Gasteiger partial charge >= 0.3 is 0 Å². The summed E-state index contributed by atoms with van der Waals surface area (Å²) in [6, 6.07) is 6.88. The summed E-state index contributed by atoms with van der Waals surface area (Å²) in [5.41, 5.74) is -1.19. The van der Waals surface area contributed by atoms with Crippen LogP contribution in [-0.4, -0.2) is 20.9 Å². The zero-order valence-electron chi connectivity index (χ0n) is 11.2. The number of hydrogen-bond donors (Lipinski definition) is 2. The van der Waals surface area contributed by atoms with Crippen LogP contribution in [0.5, 0.6) is 5.75 Å². The summed E-state index contributed by atoms with van der Waals surface area (Å²) in [6.07, 6.45) is 0. The van der Waals surface area contributed by atoms with Gasteiger partial charge in [0.25, 0.3) is 17.3 Å². The van der Waals surface area contributed by atoms with Gasteiger partial charge in [-0.2, -0.15) is 0 Å². The maximum absolute atomic E-state index is 12.2. The van der Waals surface area contributed by atoms with Crippen molar-refractivity contribution in [1.29, 1.82) is 0 Å². The minimum Gasteiger partial charge on any atom is -0.507 e. The summed E-state index contributed by atoms with van der Waals surface area (Å²) in [6.45, 7) is 0. The van der Waals surface area contributed by atoms with E-state index < -0.39 is 27.1 Å². The largest absolute Gasteiger partial charge is 0.507 e. The van der Waals surface area contributed by atoms with Crippen LogP contribution in [0.15, 0.2) is 40.9 Å². The van der Waals surface area contributed by atoms with Crippen molar-refractivity contribution in [3.05, 3.63) is 66.7 Å². The van der Waals surface area contributed by atoms with E-state index in [9.17, 15) is 30.1 Å². The number of carbonyl (C=O) groups excluding carboxylic acids is 1. The molecule has 0 bridgehead atoms. The SMILES string of the molecule is O=C(Nc1ccc(O)c(Br)c1)c1ccc([N+](=O)[O-])cc1[N+](=O)[O-]. The van der Waals surface area contributed by atoms with E-state index in [0.717, 1.165) is 18.2 Å². The van der Waals surface area contributed by atoms with Gasteiger partial charge in [-0.1, -0.05) is 0 Å². The van der Waals surface area contributed by atoms with Gasteiger partial charge in [-0.15, -0.1) is 0 Å². The van der Waals surface area contributed by atoms with E-state index in [1.165, 1.54) is 18.2 Å². The number of amides is 1. The molecule has 0 saturated carbocycles. The summed E-state index contributed by atoms with van der Waals surface area (Å²) in [7, 11) is 0. The van der Waals surface area contributed by atoms with Crippen LogP contribution in [0.2, 0.25) is 0 Å². The number of non-ortho nitro benzene ring substituents is 1. The van der Waals surface area contributed by atoms with E-state index >= 15 is 0 Å². The van der Waals surface area contributed by atoms with Crippen LogP contribution in [0.1, 0.15) is 10.4 Å². The molecule has 0 spiro atoms. The van der Waals surface area contributed by atoms with Crippen molar-refractivity contribution in [2.24, 2.45) is 0 Å². The number of nitrogens with one attached hydrogen (secondary N) is 1. The molecular formula is C13H8BrN3O6. The molecule has 2 aromatic carbocycles. The normalized spacial score (nSPS) is 10.1. The Bertz CT molecular complexity index is 823. The molecule has 23 heavy (non-hydrogen) atoms. The predicted octanol–water partition coefficient (Wildman–Crippen LogP) is 3.22. The minimum atomic E-state index is -0.866. The van der Waals surface area contributed by atoms with E-state index in [1.54, 1.807) is 0 Å². The first-order valence-electron chi connectivity index (χ1n) is 6.02. The highest BCUT2D eigenvalue weighted by Crippen LogP contribution is 2.28. The Labute approximate surface area is 137 Å². The quantitative estimate of drug-likeness (QED) is 0.473. The van der Waals surface area contributed by atoms with Gasteiger partial charge in [0.2, 0.25) is 0 Å². The molecule has 0 atom stereocenters. The minimum absolute atomic E-state index is 0.0377. The first-order valence-corrected chi connectivity index (χ1v) is 6.81. The number of halogens is 1. The Hall–Kier alpha value is -3.01. The molecule has 0 heterocycles. The van der Waals surface area contributed by atoms with E-state index in [0.29, 0.717) is 4.47 Å². The molecule has 0 aliphatic heterocycles. The molecule has 0 aliphatic rings. The molecule has 118 valence electrons. The van der Waals surface area contributed by atoms with Crippen molar-refractivity contribution >= 4 is 38.9 Å². The predicted molar refractivity (Wildman–Crippen MR) is 83.5 cm³/mol. The molecule has 0 fully saturated rings. The molecule has 0 saturated heterocycles. The second kappa shape index (κ2) is 6.40. The van der Waals surface area contributed by atoms with Crippen molar-refractivity contribution < 1.29 is 19.7 Å². The second-order valence-corrected chi connectivity index (χ2v) is 5.19. The molecule has 0 unspecified atom stereocenters. The van der Waals surface area contributed by atoms with Gasteiger partial charge in [0.1, 0.15) is 11.3 Å². The van der Waals surface area contributed by atoms with Crippen LogP contribution in [-0.2, 0) is 0 Å². The summed E-state index contributed by atoms with van der Waals surface area (Å²) < 4.78 is 0.327. The lowest BCUT2D eigenvalue weighted by Gasteiger charge is -2.07. The van der Waals surface area contributed by atoms with Gasteiger partial charge in [0, 0.05) is 11.8 Å². The number of benzene rings is 2. The van der Waals surface area contributed by atoms with E-state index in [-0.39, 0.29) is 17.0 Å². The van der Waals surface area contributed by atoms with E-state index in [4.69, 9.17) is 0 Å². The fourth-order valence-electron chi connectivity index (χ4n) is 1.76. The lowest BCUT2D eigenvalue weighted by molar-refractivity contribution is -0.394. The van der Waals surface area contributed by atoms with Crippen molar-refractivity contribution in [2.75, 3.05) is 5.32 Å². The third-order valence-electron chi connectivity index (χ3n) is 2.84. The van der Waals surface area contributed by atoms with Crippen LogP contribution >= 0.6 is 15.9 Å². The average Bonchev–Trinajstić information content (AvgIpc) is 2.50. The van der Waals surface area contributed by atoms with E-state index in [2.05, 4.69) is 21.2 Å². The van der Waals surface area contributed by atoms with E-state index in [1.807, 2.05) is 0 Å². The number of nitro groups is 2. The Morgan fingerprint density at radius 3 is 2.35 bits per heavy atom. The van der Waals surface area contributed by atoms with Gasteiger partial charge in [-0.25, -0.2) is 0 Å². The summed E-state index contributed by atoms with van der Waals surface area (Å²) >= 11 is 3.07. The lowest BCUT2D eigenvalue weighted by atomic mass is 10.1. The third-order valence-corrected chi connectivity index (χ3v) is 3.47. The van der Waals surface area contributed by atoms with Gasteiger partial charge in [-0.3, -0.25) is 25.0 Å². The number of nitro benzene ring substituents is 2. The van der Waals surface area contributed by atoms with Gasteiger partial charge in [-0.05, 0) is 40.2 Å². The highest BCUT2D eigenvalue weighted by Gasteiger charge is 2.24. The summed E-state index contributed by atoms with van der Waals surface area (Å²) in [5, 5.41) is 33.5. The van der Waals surface area contributed by atoms with Gasteiger partial charge in [0.05, 0.1) is 20.4 Å². The molecular weight excluding hydrogens is 374 g/mol. The molecule has 2 rings (SSSR count). The number of aromatic hydroxyl groups is 1. The fourth-order valence-corrected chi connectivity index (χ4v) is 2.14. The summed E-state index contributed by atoms with van der Waals surface area (Å²) in [5.74, 6) is -0.839. The van der Waals surface area contributed by atoms with Gasteiger partial charge in [0.15, 0.2) is 0 Å². The van der Waals surface area contributed by atoms with Crippen LogP contribution in [0.25, 0.3) is 0 Å². The number of phenolic OH excluding ortho intramolecular Hbond substituents is 1. The van der Waals surface area contributed by atoms with Crippen LogP contribution < -0.4 is 5.32 Å². The Morgan fingerprint density at radius 2 is 1.78 bits per heavy atom. The first-order chi connectivity index (χ1) is 10.8. The number of rotatable bonds is 4. The molecule has 0 aliphatic carbocycles. The van der Waals surface area contributed by atoms with Crippen LogP contribution in [0.3, 0.4) is 0 Å². The highest BCUT2D eigenvalue weighted by atomic mass is 79.9. The average molecular weight is 382 g/mol. The van der Waals surface area contributed by atoms with Gasteiger partial charge < -0.3 is 10.4 Å². The van der Waals surface area contributed by atoms with Crippen molar-refractivity contribution in [1.82, 2.24) is 0 Å². The number of carbonyl (C=O) groups is 1. The molecule has 1 amide bonds. The zero-order valence-corrected chi connectivity index (χ0v) is 12.8. The van der Waals surface area contributed by atoms with Crippen LogP contribution in [0, 0.1) is 20.2 Å². The number of anilines is 1. The lowest BCUT2D eigenvalue weighted by Crippen LogP contribution is -2.14. The molecule has 0 aromatic heterocycles. The molecule has 2 aromatic rings. The zero-order chi connectivity index (χ0) is 17.1. The number of phenols is 1. The monoisotopic (exact) mass is 381 g/mol. The standard InChI is InChI=1S/C13H8BrN3O6/c14-10-5-7(1-4-12(10)18)15-13(19)9-3-2-8(16(20)21)6-11(9)17(22)23/h1-6,18H,(H,15,19). The maximum Gasteiger partial charge on any atom is 0.289 e. The van der Waals surface area contributed by atoms with Crippen molar-refractivity contribution in [3.8, 4) is 5.75 Å². The first kappa shape index (κ1) is 16.4. The van der Waals surface area contributed by atoms with Crippen LogP contribution in [0.4, 0.5) is 17.1 Å². The number of nitrogens with zero attached hydrogens (tertiary/aromatic N) is 2.